The molecule has 1 aliphatic rings. The van der Waals surface area contributed by atoms with Crippen LogP contribution < -0.4 is 15.5 Å². The highest BCUT2D eigenvalue weighted by Gasteiger charge is 2.15. The number of aryl methyl sites for hydroxylation is 1. The molecule has 6 nitrogen and oxygen atoms in total. The molecule has 144 valence electrons. The van der Waals surface area contributed by atoms with Crippen LogP contribution in [0.3, 0.4) is 0 Å². The monoisotopic (exact) mass is 375 g/mol. The van der Waals surface area contributed by atoms with Gasteiger partial charge in [-0.2, -0.15) is 4.98 Å². The summed E-state index contributed by atoms with van der Waals surface area (Å²) in [6.45, 7) is 5.97. The number of ether oxygens (including phenoxy) is 1. The van der Waals surface area contributed by atoms with Gasteiger partial charge in [-0.15, -0.1) is 0 Å². The van der Waals surface area contributed by atoms with Crippen molar-refractivity contribution in [2.75, 3.05) is 41.8 Å². The zero-order valence-corrected chi connectivity index (χ0v) is 16.1. The number of para-hydroxylation sites is 2. The van der Waals surface area contributed by atoms with Crippen LogP contribution in [0.5, 0.6) is 0 Å². The van der Waals surface area contributed by atoms with Gasteiger partial charge in [-0.05, 0) is 24.6 Å². The highest BCUT2D eigenvalue weighted by molar-refractivity contribution is 5.74. The van der Waals surface area contributed by atoms with Gasteiger partial charge in [0.05, 0.1) is 24.6 Å². The normalized spacial score (nSPS) is 14.0. The van der Waals surface area contributed by atoms with E-state index in [1.54, 1.807) is 0 Å². The van der Waals surface area contributed by atoms with Crippen molar-refractivity contribution in [1.29, 1.82) is 0 Å². The molecule has 1 aromatic heterocycles. The second kappa shape index (κ2) is 8.71. The summed E-state index contributed by atoms with van der Waals surface area (Å²) in [7, 11) is 0. The number of anilines is 4. The van der Waals surface area contributed by atoms with Gasteiger partial charge in [-0.25, -0.2) is 4.98 Å². The second-order valence-electron chi connectivity index (χ2n) is 6.80. The molecule has 0 radical (unpaired) electrons. The zero-order valence-electron chi connectivity index (χ0n) is 16.1. The van der Waals surface area contributed by atoms with Gasteiger partial charge in [-0.1, -0.05) is 42.5 Å². The first-order valence-corrected chi connectivity index (χ1v) is 9.60. The van der Waals surface area contributed by atoms with Gasteiger partial charge in [0.25, 0.3) is 0 Å². The molecule has 0 aliphatic carbocycles. The Morgan fingerprint density at radius 3 is 2.54 bits per heavy atom. The maximum Gasteiger partial charge on any atom is 0.225 e. The van der Waals surface area contributed by atoms with Crippen LogP contribution in [0.2, 0.25) is 0 Å². The van der Waals surface area contributed by atoms with Crippen LogP contribution in [0.4, 0.5) is 23.1 Å². The third-order valence-electron chi connectivity index (χ3n) is 4.67. The number of morpholine rings is 1. The van der Waals surface area contributed by atoms with Gasteiger partial charge < -0.3 is 20.3 Å². The molecule has 0 bridgehead atoms. The fourth-order valence-electron chi connectivity index (χ4n) is 3.29. The average molecular weight is 375 g/mol. The maximum atomic E-state index is 5.48. The lowest BCUT2D eigenvalue weighted by atomic mass is 10.2. The molecule has 0 saturated carbocycles. The molecule has 1 fully saturated rings. The van der Waals surface area contributed by atoms with E-state index in [1.165, 1.54) is 11.3 Å². The quantitative estimate of drug-likeness (QED) is 0.680. The van der Waals surface area contributed by atoms with E-state index in [0.29, 0.717) is 12.5 Å². The minimum Gasteiger partial charge on any atom is -0.378 e. The molecule has 2 heterocycles. The smallest absolute Gasteiger partial charge is 0.225 e. The number of benzene rings is 2. The van der Waals surface area contributed by atoms with E-state index in [4.69, 9.17) is 4.74 Å². The molecule has 28 heavy (non-hydrogen) atoms. The van der Waals surface area contributed by atoms with E-state index in [9.17, 15) is 0 Å². The van der Waals surface area contributed by atoms with Crippen LogP contribution in [0.1, 0.15) is 11.3 Å². The first kappa shape index (κ1) is 18.3. The van der Waals surface area contributed by atoms with Crippen LogP contribution in [0, 0.1) is 6.92 Å². The number of nitrogens with one attached hydrogen (secondary N) is 2. The molecular formula is C22H25N5O. The van der Waals surface area contributed by atoms with Gasteiger partial charge in [0.15, 0.2) is 0 Å². The Balaban J connectivity index is 1.51. The van der Waals surface area contributed by atoms with Crippen molar-refractivity contribution in [3.63, 3.8) is 0 Å². The molecule has 0 atom stereocenters. The van der Waals surface area contributed by atoms with Crippen LogP contribution in [-0.2, 0) is 11.3 Å². The standard InChI is InChI=1S/C22H25N5O/c1-17-15-21(26-22(24-17)23-16-18-7-3-2-4-8-18)25-19-9-5-6-10-20(19)27-11-13-28-14-12-27/h2-10,15H,11-14,16H2,1H3,(H2,23,24,25,26). The summed E-state index contributed by atoms with van der Waals surface area (Å²) >= 11 is 0. The highest BCUT2D eigenvalue weighted by Crippen LogP contribution is 2.29. The summed E-state index contributed by atoms with van der Waals surface area (Å²) in [5.74, 6) is 1.40. The van der Waals surface area contributed by atoms with Crippen molar-refractivity contribution in [1.82, 2.24) is 9.97 Å². The van der Waals surface area contributed by atoms with Gasteiger partial charge in [-0.3, -0.25) is 0 Å². The Morgan fingerprint density at radius 1 is 0.964 bits per heavy atom. The summed E-state index contributed by atoms with van der Waals surface area (Å²) in [4.78, 5) is 11.5. The summed E-state index contributed by atoms with van der Waals surface area (Å²) in [5.41, 5.74) is 4.31. The Kier molecular flexibility index (Phi) is 5.68. The predicted molar refractivity (Wildman–Crippen MR) is 113 cm³/mol. The Bertz CT molecular complexity index is 910. The Morgan fingerprint density at radius 2 is 1.71 bits per heavy atom. The van der Waals surface area contributed by atoms with Crippen LogP contribution in [0.15, 0.2) is 60.7 Å². The van der Waals surface area contributed by atoms with Gasteiger partial charge in [0.1, 0.15) is 5.82 Å². The van der Waals surface area contributed by atoms with Crippen molar-refractivity contribution >= 4 is 23.1 Å². The maximum absolute atomic E-state index is 5.48. The minimum atomic E-state index is 0.621. The fraction of sp³-hybridized carbons (Fsp3) is 0.273. The summed E-state index contributed by atoms with van der Waals surface area (Å²) in [6, 6.07) is 20.5. The molecule has 0 amide bonds. The van der Waals surface area contributed by atoms with E-state index in [-0.39, 0.29) is 0 Å². The number of aromatic nitrogens is 2. The number of rotatable bonds is 6. The number of hydrogen-bond acceptors (Lipinski definition) is 6. The van der Waals surface area contributed by atoms with Gasteiger partial charge in [0, 0.05) is 31.4 Å². The van der Waals surface area contributed by atoms with Gasteiger partial charge in [0.2, 0.25) is 5.95 Å². The molecule has 1 aliphatic heterocycles. The third kappa shape index (κ3) is 4.58. The summed E-state index contributed by atoms with van der Waals surface area (Å²) in [6.07, 6.45) is 0. The zero-order chi connectivity index (χ0) is 19.2. The first-order chi connectivity index (χ1) is 13.8. The van der Waals surface area contributed by atoms with Crippen LogP contribution in [0.25, 0.3) is 0 Å². The molecule has 1 saturated heterocycles. The number of hydrogen-bond donors (Lipinski definition) is 2. The lowest BCUT2D eigenvalue weighted by Gasteiger charge is -2.30. The van der Waals surface area contributed by atoms with Crippen LogP contribution >= 0.6 is 0 Å². The largest absolute Gasteiger partial charge is 0.378 e. The van der Waals surface area contributed by atoms with Crippen molar-refractivity contribution < 1.29 is 4.74 Å². The molecule has 4 rings (SSSR count). The summed E-state index contributed by atoms with van der Waals surface area (Å²) in [5, 5.41) is 6.79. The predicted octanol–water partition coefficient (Wildman–Crippen LogP) is 3.98. The lowest BCUT2D eigenvalue weighted by molar-refractivity contribution is 0.123. The minimum absolute atomic E-state index is 0.621. The Hall–Kier alpha value is -3.12. The van der Waals surface area contributed by atoms with E-state index in [1.807, 2.05) is 37.3 Å². The highest BCUT2D eigenvalue weighted by atomic mass is 16.5. The lowest BCUT2D eigenvalue weighted by Crippen LogP contribution is -2.36. The third-order valence-corrected chi connectivity index (χ3v) is 4.67. The van der Waals surface area contributed by atoms with Crippen molar-refractivity contribution in [2.45, 2.75) is 13.5 Å². The first-order valence-electron chi connectivity index (χ1n) is 9.60. The average Bonchev–Trinajstić information content (AvgIpc) is 2.74. The van der Waals surface area contributed by atoms with E-state index >= 15 is 0 Å². The van der Waals surface area contributed by atoms with Crippen molar-refractivity contribution in [3.05, 3.63) is 71.9 Å². The molecule has 0 spiro atoms. The molecule has 0 unspecified atom stereocenters. The number of nitrogens with zero attached hydrogens (tertiary/aromatic N) is 3. The SMILES string of the molecule is Cc1cc(Nc2ccccc2N2CCOCC2)nc(NCc2ccccc2)n1. The van der Waals surface area contributed by atoms with Crippen LogP contribution in [-0.4, -0.2) is 36.3 Å². The molecular weight excluding hydrogens is 350 g/mol. The second-order valence-corrected chi connectivity index (χ2v) is 6.80. The summed E-state index contributed by atoms with van der Waals surface area (Å²) < 4.78 is 5.48. The van der Waals surface area contributed by atoms with E-state index < -0.39 is 0 Å². The molecule has 2 N–H and O–H groups in total. The molecule has 6 heteroatoms. The molecule has 3 aromatic rings. The molecule has 2 aromatic carbocycles. The van der Waals surface area contributed by atoms with E-state index in [2.05, 4.69) is 55.8 Å². The van der Waals surface area contributed by atoms with Crippen molar-refractivity contribution in [2.24, 2.45) is 0 Å². The van der Waals surface area contributed by atoms with Gasteiger partial charge >= 0.3 is 0 Å². The topological polar surface area (TPSA) is 62.3 Å². The van der Waals surface area contributed by atoms with E-state index in [0.717, 1.165) is 43.5 Å². The Labute approximate surface area is 165 Å². The van der Waals surface area contributed by atoms with Crippen molar-refractivity contribution in [3.8, 4) is 0 Å². The fourth-order valence-corrected chi connectivity index (χ4v) is 3.29.